The standard InChI is InChI=1S/C17H20N6O3/c1-3-22-10-14(20-15(24)11-23-12(2)6-7-19-23)16(21-22)17(25)18-9-13-5-4-8-26-13/h4-8,10H,3,9,11H2,1-2H3,(H,18,25)(H,20,24). The van der Waals surface area contributed by atoms with Crippen molar-refractivity contribution in [3.63, 3.8) is 0 Å². The van der Waals surface area contributed by atoms with Gasteiger partial charge in [-0.1, -0.05) is 0 Å². The second-order valence-corrected chi connectivity index (χ2v) is 5.69. The number of nitrogens with zero attached hydrogens (tertiary/aromatic N) is 4. The van der Waals surface area contributed by atoms with Crippen LogP contribution in [0, 0.1) is 6.92 Å². The number of anilines is 1. The Morgan fingerprint density at radius 3 is 2.81 bits per heavy atom. The molecule has 0 saturated heterocycles. The number of nitrogens with one attached hydrogen (secondary N) is 2. The highest BCUT2D eigenvalue weighted by Crippen LogP contribution is 2.14. The summed E-state index contributed by atoms with van der Waals surface area (Å²) in [5.41, 5.74) is 1.39. The molecule has 0 bridgehead atoms. The van der Waals surface area contributed by atoms with Gasteiger partial charge in [-0.25, -0.2) is 0 Å². The van der Waals surface area contributed by atoms with Crippen LogP contribution in [0.15, 0.2) is 41.3 Å². The lowest BCUT2D eigenvalue weighted by Crippen LogP contribution is -2.26. The van der Waals surface area contributed by atoms with Crippen molar-refractivity contribution in [2.45, 2.75) is 33.5 Å². The molecule has 9 nitrogen and oxygen atoms in total. The summed E-state index contributed by atoms with van der Waals surface area (Å²) in [6.07, 6.45) is 4.80. The lowest BCUT2D eigenvalue weighted by molar-refractivity contribution is -0.116. The van der Waals surface area contributed by atoms with Crippen molar-refractivity contribution in [3.05, 3.63) is 54.0 Å². The maximum Gasteiger partial charge on any atom is 0.274 e. The molecule has 0 fully saturated rings. The van der Waals surface area contributed by atoms with Gasteiger partial charge in [-0.2, -0.15) is 10.2 Å². The maximum atomic E-state index is 12.4. The van der Waals surface area contributed by atoms with Gasteiger partial charge in [0, 0.05) is 24.6 Å². The van der Waals surface area contributed by atoms with Crippen LogP contribution in [-0.4, -0.2) is 31.4 Å². The molecule has 0 aromatic carbocycles. The van der Waals surface area contributed by atoms with E-state index in [2.05, 4.69) is 20.8 Å². The van der Waals surface area contributed by atoms with E-state index in [0.29, 0.717) is 18.0 Å². The minimum atomic E-state index is -0.390. The molecule has 3 rings (SSSR count). The molecule has 3 heterocycles. The number of carbonyl (C=O) groups is 2. The van der Waals surface area contributed by atoms with Gasteiger partial charge in [-0.3, -0.25) is 19.0 Å². The van der Waals surface area contributed by atoms with Crippen molar-refractivity contribution in [1.29, 1.82) is 0 Å². The molecule has 9 heteroatoms. The molecular weight excluding hydrogens is 336 g/mol. The first kappa shape index (κ1) is 17.5. The Hall–Kier alpha value is -3.36. The van der Waals surface area contributed by atoms with Crippen molar-refractivity contribution in [1.82, 2.24) is 24.9 Å². The zero-order valence-corrected chi connectivity index (χ0v) is 14.6. The third-order valence-electron chi connectivity index (χ3n) is 3.80. The fourth-order valence-corrected chi connectivity index (χ4v) is 2.40. The van der Waals surface area contributed by atoms with Crippen LogP contribution in [0.1, 0.15) is 28.9 Å². The molecule has 136 valence electrons. The van der Waals surface area contributed by atoms with Gasteiger partial charge in [0.2, 0.25) is 5.91 Å². The van der Waals surface area contributed by atoms with E-state index in [1.54, 1.807) is 33.9 Å². The highest BCUT2D eigenvalue weighted by atomic mass is 16.3. The van der Waals surface area contributed by atoms with Crippen LogP contribution >= 0.6 is 0 Å². The van der Waals surface area contributed by atoms with Gasteiger partial charge in [0.25, 0.3) is 5.91 Å². The Balaban J connectivity index is 1.70. The number of hydrogen-bond acceptors (Lipinski definition) is 5. The minimum absolute atomic E-state index is 0.0591. The van der Waals surface area contributed by atoms with E-state index >= 15 is 0 Å². The molecule has 3 aromatic heterocycles. The molecule has 0 unspecified atom stereocenters. The smallest absolute Gasteiger partial charge is 0.274 e. The second kappa shape index (κ2) is 7.68. The quantitative estimate of drug-likeness (QED) is 0.668. The normalized spacial score (nSPS) is 10.7. The van der Waals surface area contributed by atoms with E-state index in [4.69, 9.17) is 4.42 Å². The fourth-order valence-electron chi connectivity index (χ4n) is 2.40. The van der Waals surface area contributed by atoms with Gasteiger partial charge >= 0.3 is 0 Å². The van der Waals surface area contributed by atoms with Gasteiger partial charge in [0.15, 0.2) is 5.69 Å². The van der Waals surface area contributed by atoms with E-state index in [1.807, 2.05) is 19.9 Å². The molecule has 2 amide bonds. The average molecular weight is 356 g/mol. The molecule has 0 aliphatic carbocycles. The van der Waals surface area contributed by atoms with Gasteiger partial charge in [0.05, 0.1) is 18.5 Å². The molecule has 0 radical (unpaired) electrons. The van der Waals surface area contributed by atoms with Crippen LogP contribution in [0.5, 0.6) is 0 Å². The van der Waals surface area contributed by atoms with Gasteiger partial charge in [-0.05, 0) is 32.0 Å². The number of rotatable bonds is 7. The van der Waals surface area contributed by atoms with Crippen LogP contribution < -0.4 is 10.6 Å². The Kier molecular flexibility index (Phi) is 5.16. The third kappa shape index (κ3) is 4.00. The molecule has 0 aliphatic heterocycles. The zero-order chi connectivity index (χ0) is 18.5. The maximum absolute atomic E-state index is 12.4. The summed E-state index contributed by atoms with van der Waals surface area (Å²) in [5.74, 6) is -0.0419. The number of aromatic nitrogens is 4. The Morgan fingerprint density at radius 2 is 2.15 bits per heavy atom. The summed E-state index contributed by atoms with van der Waals surface area (Å²) in [7, 11) is 0. The van der Waals surface area contributed by atoms with Gasteiger partial charge < -0.3 is 15.1 Å². The minimum Gasteiger partial charge on any atom is -0.467 e. The second-order valence-electron chi connectivity index (χ2n) is 5.69. The van der Waals surface area contributed by atoms with Crippen molar-refractivity contribution in [2.24, 2.45) is 0 Å². The lowest BCUT2D eigenvalue weighted by atomic mass is 10.3. The summed E-state index contributed by atoms with van der Waals surface area (Å²) in [6.45, 7) is 4.64. The Morgan fingerprint density at radius 1 is 1.31 bits per heavy atom. The van der Waals surface area contributed by atoms with Crippen LogP contribution in [0.4, 0.5) is 5.69 Å². The van der Waals surface area contributed by atoms with Crippen LogP contribution in [-0.2, 0) is 24.4 Å². The van der Waals surface area contributed by atoms with Crippen molar-refractivity contribution >= 4 is 17.5 Å². The summed E-state index contributed by atoms with van der Waals surface area (Å²) < 4.78 is 8.36. The average Bonchev–Trinajstić information content (AvgIpc) is 3.35. The molecule has 3 aromatic rings. The third-order valence-corrected chi connectivity index (χ3v) is 3.80. The zero-order valence-electron chi connectivity index (χ0n) is 14.6. The number of furan rings is 1. The first-order chi connectivity index (χ1) is 12.6. The van der Waals surface area contributed by atoms with Crippen LogP contribution in [0.2, 0.25) is 0 Å². The number of aryl methyl sites for hydroxylation is 2. The van der Waals surface area contributed by atoms with E-state index in [9.17, 15) is 9.59 Å². The molecule has 0 spiro atoms. The SMILES string of the molecule is CCn1cc(NC(=O)Cn2nccc2C)c(C(=O)NCc2ccco2)n1. The van der Waals surface area contributed by atoms with Crippen molar-refractivity contribution in [3.8, 4) is 0 Å². The van der Waals surface area contributed by atoms with Crippen molar-refractivity contribution in [2.75, 3.05) is 5.32 Å². The van der Waals surface area contributed by atoms with E-state index in [1.165, 1.54) is 6.26 Å². The Labute approximate surface area is 150 Å². The summed E-state index contributed by atoms with van der Waals surface area (Å²) in [5, 5.41) is 13.8. The monoisotopic (exact) mass is 356 g/mol. The fraction of sp³-hybridized carbons (Fsp3) is 0.294. The van der Waals surface area contributed by atoms with Gasteiger partial charge in [0.1, 0.15) is 12.3 Å². The summed E-state index contributed by atoms with van der Waals surface area (Å²) >= 11 is 0. The van der Waals surface area contributed by atoms with Gasteiger partial charge in [-0.15, -0.1) is 0 Å². The largest absolute Gasteiger partial charge is 0.467 e. The molecule has 0 aliphatic rings. The molecule has 0 atom stereocenters. The lowest BCUT2D eigenvalue weighted by Gasteiger charge is -2.07. The van der Waals surface area contributed by atoms with Crippen molar-refractivity contribution < 1.29 is 14.0 Å². The van der Waals surface area contributed by atoms with Crippen LogP contribution in [0.3, 0.4) is 0 Å². The molecule has 2 N–H and O–H groups in total. The summed E-state index contributed by atoms with van der Waals surface area (Å²) in [4.78, 5) is 24.7. The van der Waals surface area contributed by atoms with Crippen LogP contribution in [0.25, 0.3) is 0 Å². The molecule has 0 saturated carbocycles. The highest BCUT2D eigenvalue weighted by molar-refractivity contribution is 6.02. The topological polar surface area (TPSA) is 107 Å². The van der Waals surface area contributed by atoms with E-state index in [0.717, 1.165) is 5.69 Å². The first-order valence-corrected chi connectivity index (χ1v) is 8.23. The number of amides is 2. The molecular formula is C17H20N6O3. The highest BCUT2D eigenvalue weighted by Gasteiger charge is 2.19. The number of hydrogen-bond donors (Lipinski definition) is 2. The summed E-state index contributed by atoms with van der Waals surface area (Å²) in [6, 6.07) is 5.33. The predicted molar refractivity (Wildman–Crippen MR) is 93.4 cm³/mol. The van der Waals surface area contributed by atoms with E-state index < -0.39 is 0 Å². The first-order valence-electron chi connectivity index (χ1n) is 8.23. The predicted octanol–water partition coefficient (Wildman–Crippen LogP) is 1.57. The molecule has 26 heavy (non-hydrogen) atoms. The Bertz CT molecular complexity index is 894. The van der Waals surface area contributed by atoms with E-state index in [-0.39, 0.29) is 30.6 Å². The number of carbonyl (C=O) groups excluding carboxylic acids is 2.